The van der Waals surface area contributed by atoms with Crippen LogP contribution in [0.15, 0.2) is 30.3 Å². The largest absolute Gasteiger partial charge is 0.451 e. The van der Waals surface area contributed by atoms with Crippen molar-refractivity contribution in [1.82, 2.24) is 15.0 Å². The van der Waals surface area contributed by atoms with E-state index in [1.807, 2.05) is 32.0 Å². The number of nitrogens with one attached hydrogen (secondary N) is 1. The standard InChI is InChI=1S/C16H20F3N5O/c1-4-24(5-2)14-21-13(20-12-9-7-6-8-10-12)22-15(23-14)25-11(3)16(17,18)19/h6-11H,4-5H2,1-3H3,(H,20,21,22,23). The van der Waals surface area contributed by atoms with E-state index in [0.717, 1.165) is 6.92 Å². The van der Waals surface area contributed by atoms with E-state index in [-0.39, 0.29) is 17.9 Å². The monoisotopic (exact) mass is 355 g/mol. The van der Waals surface area contributed by atoms with Gasteiger partial charge in [0, 0.05) is 18.8 Å². The van der Waals surface area contributed by atoms with Crippen molar-refractivity contribution >= 4 is 17.6 Å². The van der Waals surface area contributed by atoms with Crippen LogP contribution >= 0.6 is 0 Å². The molecule has 1 heterocycles. The minimum absolute atomic E-state index is 0.118. The lowest BCUT2D eigenvalue weighted by Crippen LogP contribution is -2.32. The molecule has 0 spiro atoms. The van der Waals surface area contributed by atoms with Crippen molar-refractivity contribution in [2.45, 2.75) is 33.1 Å². The Morgan fingerprint density at radius 3 is 2.28 bits per heavy atom. The molecule has 136 valence electrons. The van der Waals surface area contributed by atoms with Crippen LogP contribution in [-0.4, -0.2) is 40.3 Å². The molecule has 0 aliphatic heterocycles. The van der Waals surface area contributed by atoms with Gasteiger partial charge in [0.1, 0.15) is 0 Å². The zero-order valence-electron chi connectivity index (χ0n) is 14.2. The molecule has 0 aliphatic carbocycles. The van der Waals surface area contributed by atoms with Crippen molar-refractivity contribution in [3.63, 3.8) is 0 Å². The predicted octanol–water partition coefficient (Wildman–Crippen LogP) is 3.79. The lowest BCUT2D eigenvalue weighted by atomic mass is 10.3. The summed E-state index contributed by atoms with van der Waals surface area (Å²) >= 11 is 0. The number of rotatable bonds is 7. The number of nitrogens with zero attached hydrogens (tertiary/aromatic N) is 4. The maximum Gasteiger partial charge on any atom is 0.425 e. The molecule has 1 atom stereocenters. The van der Waals surface area contributed by atoms with Crippen molar-refractivity contribution < 1.29 is 17.9 Å². The summed E-state index contributed by atoms with van der Waals surface area (Å²) in [7, 11) is 0. The summed E-state index contributed by atoms with van der Waals surface area (Å²) in [5.74, 6) is 0.371. The number of hydrogen-bond acceptors (Lipinski definition) is 6. The van der Waals surface area contributed by atoms with E-state index in [4.69, 9.17) is 4.74 Å². The average Bonchev–Trinajstić information content (AvgIpc) is 2.56. The smallest absolute Gasteiger partial charge is 0.425 e. The van der Waals surface area contributed by atoms with Gasteiger partial charge in [-0.15, -0.1) is 0 Å². The lowest BCUT2D eigenvalue weighted by Gasteiger charge is -2.21. The Balaban J connectivity index is 2.34. The van der Waals surface area contributed by atoms with Crippen LogP contribution < -0.4 is 15.0 Å². The molecule has 25 heavy (non-hydrogen) atoms. The molecule has 1 unspecified atom stereocenters. The number of ether oxygens (including phenoxy) is 1. The zero-order valence-corrected chi connectivity index (χ0v) is 14.2. The number of anilines is 3. The Labute approximate surface area is 144 Å². The SMILES string of the molecule is CCN(CC)c1nc(Nc2ccccc2)nc(OC(C)C(F)(F)F)n1. The molecular weight excluding hydrogens is 335 g/mol. The van der Waals surface area contributed by atoms with Crippen LogP contribution in [0.5, 0.6) is 6.01 Å². The maximum atomic E-state index is 12.8. The van der Waals surface area contributed by atoms with Gasteiger partial charge in [0.2, 0.25) is 11.9 Å². The Hall–Kier alpha value is -2.58. The van der Waals surface area contributed by atoms with Gasteiger partial charge in [-0.05, 0) is 32.9 Å². The molecule has 0 amide bonds. The summed E-state index contributed by atoms with van der Waals surface area (Å²) < 4.78 is 43.1. The molecule has 0 saturated heterocycles. The van der Waals surface area contributed by atoms with Crippen LogP contribution in [0.1, 0.15) is 20.8 Å². The molecule has 1 N–H and O–H groups in total. The highest BCUT2D eigenvalue weighted by atomic mass is 19.4. The van der Waals surface area contributed by atoms with E-state index in [1.54, 1.807) is 17.0 Å². The molecule has 0 fully saturated rings. The third kappa shape index (κ3) is 5.20. The minimum Gasteiger partial charge on any atom is -0.451 e. The first-order chi connectivity index (χ1) is 11.8. The molecular formula is C16H20F3N5O. The Kier molecular flexibility index (Phi) is 6.00. The zero-order chi connectivity index (χ0) is 18.4. The van der Waals surface area contributed by atoms with Gasteiger partial charge in [0.25, 0.3) is 0 Å². The fourth-order valence-corrected chi connectivity index (χ4v) is 1.98. The maximum absolute atomic E-state index is 12.8. The molecule has 1 aromatic heterocycles. The van der Waals surface area contributed by atoms with E-state index in [9.17, 15) is 13.2 Å². The van der Waals surface area contributed by atoms with Gasteiger partial charge in [-0.3, -0.25) is 0 Å². The van der Waals surface area contributed by atoms with E-state index >= 15 is 0 Å². The molecule has 0 radical (unpaired) electrons. The van der Waals surface area contributed by atoms with Crippen molar-refractivity contribution in [3.8, 4) is 6.01 Å². The first-order valence-corrected chi connectivity index (χ1v) is 7.90. The van der Waals surface area contributed by atoms with Crippen LogP contribution in [0.25, 0.3) is 0 Å². The van der Waals surface area contributed by atoms with Crippen LogP contribution in [0, 0.1) is 0 Å². The molecule has 6 nitrogen and oxygen atoms in total. The first kappa shape index (κ1) is 18.8. The summed E-state index contributed by atoms with van der Waals surface area (Å²) in [4.78, 5) is 14.0. The second kappa shape index (κ2) is 8.00. The number of para-hydroxylation sites is 1. The number of halogens is 3. The molecule has 2 aromatic rings. The second-order valence-electron chi connectivity index (χ2n) is 5.21. The van der Waals surface area contributed by atoms with Gasteiger partial charge in [0.15, 0.2) is 6.10 Å². The van der Waals surface area contributed by atoms with E-state index in [2.05, 4.69) is 20.3 Å². The number of aromatic nitrogens is 3. The predicted molar refractivity (Wildman–Crippen MR) is 89.3 cm³/mol. The lowest BCUT2D eigenvalue weighted by molar-refractivity contribution is -0.190. The van der Waals surface area contributed by atoms with Gasteiger partial charge in [0.05, 0.1) is 0 Å². The highest BCUT2D eigenvalue weighted by Gasteiger charge is 2.38. The summed E-state index contributed by atoms with van der Waals surface area (Å²) in [6.07, 6.45) is -6.53. The first-order valence-electron chi connectivity index (χ1n) is 7.90. The number of hydrogen-bond donors (Lipinski definition) is 1. The minimum atomic E-state index is -4.50. The fourth-order valence-electron chi connectivity index (χ4n) is 1.98. The van der Waals surface area contributed by atoms with E-state index in [1.165, 1.54) is 0 Å². The van der Waals surface area contributed by atoms with Crippen molar-refractivity contribution in [2.24, 2.45) is 0 Å². The van der Waals surface area contributed by atoms with Gasteiger partial charge in [-0.25, -0.2) is 0 Å². The van der Waals surface area contributed by atoms with Crippen LogP contribution in [0.4, 0.5) is 30.8 Å². The second-order valence-corrected chi connectivity index (χ2v) is 5.21. The van der Waals surface area contributed by atoms with E-state index < -0.39 is 12.3 Å². The molecule has 1 aromatic carbocycles. The van der Waals surface area contributed by atoms with Gasteiger partial charge in [-0.1, -0.05) is 18.2 Å². The van der Waals surface area contributed by atoms with Crippen LogP contribution in [0.3, 0.4) is 0 Å². The normalized spacial score (nSPS) is 12.6. The van der Waals surface area contributed by atoms with Gasteiger partial charge < -0.3 is 15.0 Å². The number of alkyl halides is 3. The third-order valence-corrected chi connectivity index (χ3v) is 3.42. The summed E-state index contributed by atoms with van der Waals surface area (Å²) in [6.45, 7) is 5.90. The van der Waals surface area contributed by atoms with E-state index in [0.29, 0.717) is 18.8 Å². The topological polar surface area (TPSA) is 63.2 Å². The van der Waals surface area contributed by atoms with Crippen molar-refractivity contribution in [2.75, 3.05) is 23.3 Å². The van der Waals surface area contributed by atoms with Gasteiger partial charge in [-0.2, -0.15) is 28.1 Å². The quantitative estimate of drug-likeness (QED) is 0.815. The Morgan fingerprint density at radius 2 is 1.72 bits per heavy atom. The average molecular weight is 355 g/mol. The number of benzene rings is 1. The summed E-state index contributed by atoms with van der Waals surface area (Å²) in [5, 5.41) is 2.95. The Bertz CT molecular complexity index is 677. The van der Waals surface area contributed by atoms with Gasteiger partial charge >= 0.3 is 12.2 Å². The third-order valence-electron chi connectivity index (χ3n) is 3.42. The molecule has 0 bridgehead atoms. The van der Waals surface area contributed by atoms with Crippen molar-refractivity contribution in [1.29, 1.82) is 0 Å². The summed E-state index contributed by atoms with van der Waals surface area (Å²) in [5.41, 5.74) is 0.703. The van der Waals surface area contributed by atoms with Crippen molar-refractivity contribution in [3.05, 3.63) is 30.3 Å². The molecule has 0 aliphatic rings. The molecule has 0 saturated carbocycles. The molecule has 2 rings (SSSR count). The molecule has 9 heteroatoms. The highest BCUT2D eigenvalue weighted by molar-refractivity contribution is 5.54. The fraction of sp³-hybridized carbons (Fsp3) is 0.438. The Morgan fingerprint density at radius 1 is 1.08 bits per heavy atom. The highest BCUT2D eigenvalue weighted by Crippen LogP contribution is 2.25. The summed E-state index contributed by atoms with van der Waals surface area (Å²) in [6, 6.07) is 8.69. The van der Waals surface area contributed by atoms with Crippen LogP contribution in [0.2, 0.25) is 0 Å². The van der Waals surface area contributed by atoms with Crippen LogP contribution in [-0.2, 0) is 0 Å².